The van der Waals surface area contributed by atoms with Gasteiger partial charge in [-0.2, -0.15) is 4.31 Å². The molecule has 1 fully saturated rings. The van der Waals surface area contributed by atoms with Gasteiger partial charge in [0.25, 0.3) is 5.91 Å². The third-order valence-electron chi connectivity index (χ3n) is 2.09. The molecule has 1 rings (SSSR count). The van der Waals surface area contributed by atoms with Gasteiger partial charge in [-0.3, -0.25) is 4.79 Å². The van der Waals surface area contributed by atoms with E-state index in [9.17, 15) is 9.35 Å². The molecule has 1 aliphatic heterocycles. The summed E-state index contributed by atoms with van der Waals surface area (Å²) in [5.41, 5.74) is 0. The van der Waals surface area contributed by atoms with Crippen LogP contribution in [-0.4, -0.2) is 31.4 Å². The maximum absolute atomic E-state index is 11.5. The van der Waals surface area contributed by atoms with Crippen molar-refractivity contribution in [2.75, 3.05) is 6.54 Å². The molecule has 0 aliphatic carbocycles. The molecule has 0 N–H and O–H groups in total. The van der Waals surface area contributed by atoms with Gasteiger partial charge in [-0.15, -0.1) is 11.6 Å². The zero-order chi connectivity index (χ0) is 10.7. The van der Waals surface area contributed by atoms with E-state index < -0.39 is 21.4 Å². The molecule has 0 aromatic rings. The lowest BCUT2D eigenvalue weighted by Gasteiger charge is -2.16. The monoisotopic (exact) mass is 257 g/mol. The topological polar surface area (TPSA) is 43.4 Å². The highest BCUT2D eigenvalue weighted by Gasteiger charge is 2.50. The minimum Gasteiger partial charge on any atom is -0.592 e. The van der Waals surface area contributed by atoms with Crippen LogP contribution in [0.5, 0.6) is 0 Å². The van der Waals surface area contributed by atoms with Crippen LogP contribution in [0.3, 0.4) is 0 Å². The highest BCUT2D eigenvalue weighted by Crippen LogP contribution is 2.30. The van der Waals surface area contributed by atoms with Crippen molar-refractivity contribution in [3.8, 4) is 0 Å². The van der Waals surface area contributed by atoms with E-state index in [-0.39, 0.29) is 5.91 Å². The summed E-state index contributed by atoms with van der Waals surface area (Å²) >= 11 is 9.97. The van der Waals surface area contributed by atoms with Gasteiger partial charge >= 0.3 is 0 Å². The summed E-state index contributed by atoms with van der Waals surface area (Å²) in [4.78, 5) is 11.4. The molecule has 6 heteroatoms. The molecule has 0 spiro atoms. The predicted molar refractivity (Wildman–Crippen MR) is 58.7 cm³/mol. The van der Waals surface area contributed by atoms with Gasteiger partial charge in [-0.1, -0.05) is 31.4 Å². The van der Waals surface area contributed by atoms with Crippen molar-refractivity contribution >= 4 is 40.5 Å². The Morgan fingerprint density at radius 3 is 2.57 bits per heavy atom. The fraction of sp³-hybridized carbons (Fsp3) is 0.875. The van der Waals surface area contributed by atoms with Crippen molar-refractivity contribution in [3.05, 3.63) is 0 Å². The average Bonchev–Trinajstić information content (AvgIpc) is 2.35. The Bertz CT molecular complexity index is 218. The van der Waals surface area contributed by atoms with E-state index >= 15 is 0 Å². The summed E-state index contributed by atoms with van der Waals surface area (Å²) in [6.45, 7) is 2.56. The fourth-order valence-electron chi connectivity index (χ4n) is 1.27. The maximum atomic E-state index is 11.5. The maximum Gasteiger partial charge on any atom is 0.288 e. The van der Waals surface area contributed by atoms with Gasteiger partial charge in [0.15, 0.2) is 5.38 Å². The molecule has 1 aliphatic rings. The summed E-state index contributed by atoms with van der Waals surface area (Å²) in [5.74, 6) is -0.305. The fourth-order valence-corrected chi connectivity index (χ4v) is 3.27. The molecule has 3 unspecified atom stereocenters. The Kier molecular flexibility index (Phi) is 4.83. The number of amides is 1. The smallest absolute Gasteiger partial charge is 0.288 e. The third kappa shape index (κ3) is 2.48. The average molecular weight is 258 g/mol. The van der Waals surface area contributed by atoms with E-state index in [1.165, 1.54) is 4.31 Å². The van der Waals surface area contributed by atoms with Crippen LogP contribution in [0.15, 0.2) is 0 Å². The summed E-state index contributed by atoms with van der Waals surface area (Å²) < 4.78 is 12.0. The molecule has 0 bridgehead atoms. The summed E-state index contributed by atoms with van der Waals surface area (Å²) in [6.07, 6.45) is 2.92. The Balaban J connectivity index is 2.48. The first-order valence-electron chi connectivity index (χ1n) is 4.59. The molecule has 1 heterocycles. The third-order valence-corrected chi connectivity index (χ3v) is 4.97. The number of carbonyl (C=O) groups excluding carboxylic acids is 1. The first-order chi connectivity index (χ1) is 6.59. The standard InChI is InChI=1S/C8H13Cl2NO2S/c1-2-3-4-5-11-8(12)6(9)7(10)14(11)13/h6-7H,2-5H2,1H3. The normalized spacial score (nSPS) is 32.7. The number of nitrogens with zero attached hydrogens (tertiary/aromatic N) is 1. The van der Waals surface area contributed by atoms with Crippen molar-refractivity contribution in [2.24, 2.45) is 0 Å². The minimum atomic E-state index is -1.45. The van der Waals surface area contributed by atoms with Crippen LogP contribution in [0.4, 0.5) is 0 Å². The molecular weight excluding hydrogens is 245 g/mol. The van der Waals surface area contributed by atoms with Gasteiger partial charge in [-0.25, -0.2) is 0 Å². The Morgan fingerprint density at radius 1 is 1.50 bits per heavy atom. The molecule has 0 radical (unpaired) electrons. The molecule has 1 saturated heterocycles. The quantitative estimate of drug-likeness (QED) is 0.439. The first kappa shape index (κ1) is 12.4. The minimum absolute atomic E-state index is 0.305. The zero-order valence-electron chi connectivity index (χ0n) is 7.91. The van der Waals surface area contributed by atoms with Gasteiger partial charge in [0, 0.05) is 0 Å². The second-order valence-electron chi connectivity index (χ2n) is 3.18. The number of rotatable bonds is 4. The number of hydrogen-bond donors (Lipinski definition) is 0. The van der Waals surface area contributed by atoms with Crippen LogP contribution in [0.1, 0.15) is 26.2 Å². The predicted octanol–water partition coefficient (Wildman–Crippen LogP) is 1.85. The van der Waals surface area contributed by atoms with Crippen LogP contribution in [0, 0.1) is 0 Å². The number of alkyl halides is 2. The van der Waals surface area contributed by atoms with E-state index in [0.717, 1.165) is 19.3 Å². The molecule has 1 amide bonds. The molecule has 3 nitrogen and oxygen atoms in total. The van der Waals surface area contributed by atoms with Crippen LogP contribution in [0.25, 0.3) is 0 Å². The van der Waals surface area contributed by atoms with Crippen molar-refractivity contribution < 1.29 is 9.35 Å². The van der Waals surface area contributed by atoms with Crippen molar-refractivity contribution in [1.82, 2.24) is 4.31 Å². The Labute approximate surface area is 97.0 Å². The van der Waals surface area contributed by atoms with Crippen LogP contribution < -0.4 is 0 Å². The van der Waals surface area contributed by atoms with E-state index in [1.807, 2.05) is 0 Å². The number of unbranched alkanes of at least 4 members (excludes halogenated alkanes) is 2. The van der Waals surface area contributed by atoms with Crippen molar-refractivity contribution in [1.29, 1.82) is 0 Å². The number of hydrogen-bond acceptors (Lipinski definition) is 2. The highest BCUT2D eigenvalue weighted by atomic mass is 35.5. The summed E-state index contributed by atoms with van der Waals surface area (Å²) in [5, 5.41) is -0.834. The van der Waals surface area contributed by atoms with Crippen molar-refractivity contribution in [3.63, 3.8) is 0 Å². The van der Waals surface area contributed by atoms with Gasteiger partial charge < -0.3 is 4.55 Å². The molecule has 82 valence electrons. The van der Waals surface area contributed by atoms with E-state index in [0.29, 0.717) is 6.54 Å². The molecule has 0 aromatic heterocycles. The largest absolute Gasteiger partial charge is 0.592 e. The molecular formula is C8H13Cl2NO2S. The summed E-state index contributed by atoms with van der Waals surface area (Å²) in [6, 6.07) is 0. The Hall–Kier alpha value is 0.360. The summed E-state index contributed by atoms with van der Waals surface area (Å²) in [7, 11) is 0. The van der Waals surface area contributed by atoms with E-state index in [1.54, 1.807) is 0 Å². The molecule has 0 aromatic carbocycles. The molecule has 14 heavy (non-hydrogen) atoms. The second kappa shape index (κ2) is 5.45. The molecule has 0 saturated carbocycles. The first-order valence-corrected chi connectivity index (χ1v) is 6.64. The van der Waals surface area contributed by atoms with Crippen LogP contribution in [-0.2, 0) is 16.2 Å². The van der Waals surface area contributed by atoms with Crippen LogP contribution >= 0.6 is 23.2 Å². The lowest BCUT2D eigenvalue weighted by atomic mass is 10.2. The second-order valence-corrected chi connectivity index (χ2v) is 5.88. The number of halogens is 2. The molecule has 3 atom stereocenters. The highest BCUT2D eigenvalue weighted by molar-refractivity contribution is 7.92. The lowest BCUT2D eigenvalue weighted by Crippen LogP contribution is -2.32. The van der Waals surface area contributed by atoms with E-state index in [4.69, 9.17) is 23.2 Å². The van der Waals surface area contributed by atoms with E-state index in [2.05, 4.69) is 6.92 Å². The van der Waals surface area contributed by atoms with Gasteiger partial charge in [0.05, 0.1) is 17.9 Å². The zero-order valence-corrected chi connectivity index (χ0v) is 10.2. The van der Waals surface area contributed by atoms with Gasteiger partial charge in [0.2, 0.25) is 4.71 Å². The van der Waals surface area contributed by atoms with Crippen LogP contribution in [0.2, 0.25) is 0 Å². The van der Waals surface area contributed by atoms with Gasteiger partial charge in [0.1, 0.15) is 0 Å². The lowest BCUT2D eigenvalue weighted by molar-refractivity contribution is -0.124. The number of carbonyl (C=O) groups is 1. The SMILES string of the molecule is CCCCCN1C(=O)C(Cl)C(Cl)[S+]1[O-]. The van der Waals surface area contributed by atoms with Gasteiger partial charge in [-0.05, 0) is 6.42 Å². The Morgan fingerprint density at radius 2 is 2.14 bits per heavy atom. The van der Waals surface area contributed by atoms with Crippen molar-refractivity contribution in [2.45, 2.75) is 36.3 Å².